The Morgan fingerprint density at radius 2 is 2.05 bits per heavy atom. The Kier molecular flexibility index (Phi) is 3.64. The van der Waals surface area contributed by atoms with Crippen LogP contribution in [0.3, 0.4) is 0 Å². The summed E-state index contributed by atoms with van der Waals surface area (Å²) >= 11 is 0. The normalized spacial score (nSPS) is 23.1. The Bertz CT molecular complexity index is 493. The summed E-state index contributed by atoms with van der Waals surface area (Å²) in [5, 5.41) is 9.11. The second-order valence-electron chi connectivity index (χ2n) is 5.53. The quantitative estimate of drug-likeness (QED) is 0.906. The van der Waals surface area contributed by atoms with Crippen molar-refractivity contribution in [1.82, 2.24) is 9.47 Å². The van der Waals surface area contributed by atoms with Crippen molar-refractivity contribution < 1.29 is 14.7 Å². The Balaban J connectivity index is 2.17. The number of rotatable bonds is 3. The zero-order valence-corrected chi connectivity index (χ0v) is 11.5. The lowest BCUT2D eigenvalue weighted by atomic mass is 9.99. The van der Waals surface area contributed by atoms with Crippen molar-refractivity contribution in [1.29, 1.82) is 0 Å². The van der Waals surface area contributed by atoms with Gasteiger partial charge in [0.2, 0.25) is 0 Å². The number of carboxylic acid groups (broad SMARTS) is 1. The number of nitrogens with zero attached hydrogens (tertiary/aromatic N) is 2. The van der Waals surface area contributed by atoms with Crippen molar-refractivity contribution in [2.24, 2.45) is 11.8 Å². The lowest BCUT2D eigenvalue weighted by Gasteiger charge is -2.19. The van der Waals surface area contributed by atoms with Crippen molar-refractivity contribution in [2.75, 3.05) is 13.1 Å². The van der Waals surface area contributed by atoms with Crippen LogP contribution in [0.2, 0.25) is 0 Å². The number of aliphatic carboxylic acids is 1. The molecule has 5 nitrogen and oxygen atoms in total. The third kappa shape index (κ3) is 2.50. The van der Waals surface area contributed by atoms with E-state index in [1.54, 1.807) is 11.0 Å². The molecule has 5 heteroatoms. The SMILES string of the molecule is CC1CN(C(=O)c2cccn2C(C)C)CC1C(=O)O. The minimum absolute atomic E-state index is 0.00362. The lowest BCUT2D eigenvalue weighted by molar-refractivity contribution is -0.142. The molecular formula is C14H20N2O3. The molecule has 0 spiro atoms. The van der Waals surface area contributed by atoms with Crippen LogP contribution in [0.4, 0.5) is 0 Å². The van der Waals surface area contributed by atoms with Crippen LogP contribution in [0.1, 0.15) is 37.3 Å². The first-order chi connectivity index (χ1) is 8.91. The van der Waals surface area contributed by atoms with E-state index in [9.17, 15) is 9.59 Å². The highest BCUT2D eigenvalue weighted by atomic mass is 16.4. The molecule has 0 saturated carbocycles. The van der Waals surface area contributed by atoms with Crippen molar-refractivity contribution in [3.63, 3.8) is 0 Å². The molecule has 1 saturated heterocycles. The largest absolute Gasteiger partial charge is 0.481 e. The molecule has 2 atom stereocenters. The van der Waals surface area contributed by atoms with Crippen molar-refractivity contribution >= 4 is 11.9 Å². The predicted molar refractivity (Wildman–Crippen MR) is 71.0 cm³/mol. The number of carboxylic acids is 1. The van der Waals surface area contributed by atoms with E-state index in [-0.39, 0.29) is 17.9 Å². The van der Waals surface area contributed by atoms with Crippen LogP contribution in [0.15, 0.2) is 18.3 Å². The molecule has 1 fully saturated rings. The van der Waals surface area contributed by atoms with Gasteiger partial charge in [0, 0.05) is 25.3 Å². The van der Waals surface area contributed by atoms with Gasteiger partial charge in [-0.15, -0.1) is 0 Å². The second-order valence-corrected chi connectivity index (χ2v) is 5.53. The molecule has 0 aliphatic carbocycles. The van der Waals surface area contributed by atoms with Crippen LogP contribution in [0.25, 0.3) is 0 Å². The Morgan fingerprint density at radius 3 is 2.58 bits per heavy atom. The van der Waals surface area contributed by atoms with Gasteiger partial charge in [0.05, 0.1) is 5.92 Å². The topological polar surface area (TPSA) is 62.5 Å². The maximum atomic E-state index is 12.5. The van der Waals surface area contributed by atoms with Gasteiger partial charge in [0.1, 0.15) is 5.69 Å². The fraction of sp³-hybridized carbons (Fsp3) is 0.571. The molecule has 2 rings (SSSR count). The maximum Gasteiger partial charge on any atom is 0.308 e. The minimum atomic E-state index is -0.818. The van der Waals surface area contributed by atoms with Crippen molar-refractivity contribution in [3.05, 3.63) is 24.0 Å². The summed E-state index contributed by atoms with van der Waals surface area (Å²) in [4.78, 5) is 25.2. The molecule has 1 N–H and O–H groups in total. The highest BCUT2D eigenvalue weighted by Crippen LogP contribution is 2.25. The number of carbonyl (C=O) groups excluding carboxylic acids is 1. The number of amides is 1. The number of likely N-dealkylation sites (tertiary alicyclic amines) is 1. The van der Waals surface area contributed by atoms with Gasteiger partial charge < -0.3 is 14.6 Å². The standard InChI is InChI=1S/C14H20N2O3/c1-9(2)16-6-4-5-12(16)13(17)15-7-10(3)11(8-15)14(18)19/h4-6,9-11H,7-8H2,1-3H3,(H,18,19). The molecule has 2 unspecified atom stereocenters. The first-order valence-corrected chi connectivity index (χ1v) is 6.60. The van der Waals surface area contributed by atoms with E-state index in [1.807, 2.05) is 37.6 Å². The monoisotopic (exact) mass is 264 g/mol. The van der Waals surface area contributed by atoms with Crippen LogP contribution in [0, 0.1) is 11.8 Å². The first-order valence-electron chi connectivity index (χ1n) is 6.60. The van der Waals surface area contributed by atoms with E-state index in [4.69, 9.17) is 5.11 Å². The molecule has 0 radical (unpaired) electrons. The van der Waals surface area contributed by atoms with Crippen LogP contribution in [-0.2, 0) is 4.79 Å². The first kappa shape index (κ1) is 13.6. The fourth-order valence-electron chi connectivity index (χ4n) is 2.64. The average molecular weight is 264 g/mol. The van der Waals surface area contributed by atoms with Crippen molar-refractivity contribution in [2.45, 2.75) is 26.8 Å². The number of carbonyl (C=O) groups is 2. The molecule has 19 heavy (non-hydrogen) atoms. The summed E-state index contributed by atoms with van der Waals surface area (Å²) in [5.74, 6) is -1.34. The van der Waals surface area contributed by atoms with Gasteiger partial charge in [-0.2, -0.15) is 0 Å². The average Bonchev–Trinajstić information content (AvgIpc) is 2.93. The Morgan fingerprint density at radius 1 is 1.37 bits per heavy atom. The highest BCUT2D eigenvalue weighted by molar-refractivity contribution is 5.93. The van der Waals surface area contributed by atoms with Gasteiger partial charge in [-0.25, -0.2) is 0 Å². The van der Waals surface area contributed by atoms with Gasteiger partial charge in [-0.05, 0) is 31.9 Å². The van der Waals surface area contributed by atoms with E-state index in [0.717, 1.165) is 0 Å². The van der Waals surface area contributed by atoms with Crippen molar-refractivity contribution in [3.8, 4) is 0 Å². The smallest absolute Gasteiger partial charge is 0.308 e. The molecule has 1 aromatic rings. The molecule has 1 aliphatic heterocycles. The van der Waals surface area contributed by atoms with Crippen LogP contribution >= 0.6 is 0 Å². The number of hydrogen-bond acceptors (Lipinski definition) is 2. The zero-order chi connectivity index (χ0) is 14.2. The predicted octanol–water partition coefficient (Wildman–Crippen LogP) is 1.86. The van der Waals surface area contributed by atoms with E-state index in [2.05, 4.69) is 0 Å². The van der Waals surface area contributed by atoms with Gasteiger partial charge in [0.25, 0.3) is 5.91 Å². The van der Waals surface area contributed by atoms with Crippen LogP contribution in [-0.4, -0.2) is 39.5 Å². The fourth-order valence-corrected chi connectivity index (χ4v) is 2.64. The lowest BCUT2D eigenvalue weighted by Crippen LogP contribution is -2.31. The second kappa shape index (κ2) is 5.07. The summed E-state index contributed by atoms with van der Waals surface area (Å²) in [7, 11) is 0. The maximum absolute atomic E-state index is 12.5. The summed E-state index contributed by atoms with van der Waals surface area (Å²) in [6.45, 7) is 6.73. The zero-order valence-electron chi connectivity index (χ0n) is 11.5. The number of aromatic nitrogens is 1. The summed E-state index contributed by atoms with van der Waals surface area (Å²) < 4.78 is 1.92. The molecule has 2 heterocycles. The van der Waals surface area contributed by atoms with E-state index >= 15 is 0 Å². The number of hydrogen-bond donors (Lipinski definition) is 1. The molecule has 1 amide bonds. The van der Waals surface area contributed by atoms with Gasteiger partial charge in [-0.3, -0.25) is 9.59 Å². The highest BCUT2D eigenvalue weighted by Gasteiger charge is 2.37. The summed E-state index contributed by atoms with van der Waals surface area (Å²) in [5.41, 5.74) is 0.633. The Hall–Kier alpha value is -1.78. The van der Waals surface area contributed by atoms with E-state index < -0.39 is 11.9 Å². The van der Waals surface area contributed by atoms with Crippen LogP contribution in [0.5, 0.6) is 0 Å². The van der Waals surface area contributed by atoms with Gasteiger partial charge in [0.15, 0.2) is 0 Å². The summed E-state index contributed by atoms with van der Waals surface area (Å²) in [6.07, 6.45) is 1.88. The van der Waals surface area contributed by atoms with Gasteiger partial charge in [-0.1, -0.05) is 6.92 Å². The molecular weight excluding hydrogens is 244 g/mol. The minimum Gasteiger partial charge on any atom is -0.481 e. The van der Waals surface area contributed by atoms with E-state index in [0.29, 0.717) is 18.8 Å². The van der Waals surface area contributed by atoms with E-state index in [1.165, 1.54) is 0 Å². The molecule has 0 aromatic carbocycles. The molecule has 1 aliphatic rings. The molecule has 104 valence electrons. The van der Waals surface area contributed by atoms with Gasteiger partial charge >= 0.3 is 5.97 Å². The van der Waals surface area contributed by atoms with Crippen LogP contribution < -0.4 is 0 Å². The third-order valence-electron chi connectivity index (χ3n) is 3.77. The third-order valence-corrected chi connectivity index (χ3v) is 3.77. The summed E-state index contributed by atoms with van der Waals surface area (Å²) in [6, 6.07) is 3.85. The molecule has 0 bridgehead atoms. The molecule has 1 aromatic heterocycles. The Labute approximate surface area is 112 Å².